The fourth-order valence-corrected chi connectivity index (χ4v) is 2.66. The van der Waals surface area contributed by atoms with Gasteiger partial charge in [0.2, 0.25) is 5.91 Å². The summed E-state index contributed by atoms with van der Waals surface area (Å²) < 4.78 is 5.01. The molecule has 1 aliphatic carbocycles. The van der Waals surface area contributed by atoms with E-state index in [1.807, 2.05) is 18.2 Å². The van der Waals surface area contributed by atoms with Crippen molar-refractivity contribution < 1.29 is 14.0 Å². The van der Waals surface area contributed by atoms with Crippen molar-refractivity contribution in [1.82, 2.24) is 10.6 Å². The molecule has 5 heteroatoms. The van der Waals surface area contributed by atoms with E-state index in [9.17, 15) is 9.59 Å². The molecule has 0 aliphatic heterocycles. The van der Waals surface area contributed by atoms with Crippen LogP contribution in [-0.2, 0) is 10.2 Å². The van der Waals surface area contributed by atoms with Crippen molar-refractivity contribution in [2.45, 2.75) is 31.2 Å². The summed E-state index contributed by atoms with van der Waals surface area (Å²) in [6.45, 7) is 2.26. The first-order valence-corrected chi connectivity index (χ1v) is 7.78. The minimum atomic E-state index is -0.612. The Hall–Kier alpha value is -2.56. The third kappa shape index (κ3) is 3.44. The van der Waals surface area contributed by atoms with Gasteiger partial charge in [0.15, 0.2) is 5.76 Å². The van der Waals surface area contributed by atoms with E-state index in [4.69, 9.17) is 4.42 Å². The first-order chi connectivity index (χ1) is 11.1. The van der Waals surface area contributed by atoms with Crippen LogP contribution >= 0.6 is 0 Å². The average molecular weight is 312 g/mol. The van der Waals surface area contributed by atoms with Crippen LogP contribution in [0.25, 0.3) is 0 Å². The Morgan fingerprint density at radius 2 is 1.91 bits per heavy atom. The number of carbonyl (C=O) groups is 2. The molecular formula is C18H20N2O3. The van der Waals surface area contributed by atoms with Gasteiger partial charge in [-0.3, -0.25) is 9.59 Å². The average Bonchev–Trinajstić information content (AvgIpc) is 3.16. The standard InChI is InChI=1S/C18H20N2O3/c1-13(20-17(22)15-8-5-11-23-15)16(21)19-12-18(9-10-18)14-6-3-2-4-7-14/h2-8,11,13H,9-10,12H2,1H3,(H,19,21)(H,20,22). The van der Waals surface area contributed by atoms with Gasteiger partial charge in [0.25, 0.3) is 5.91 Å². The summed E-state index contributed by atoms with van der Waals surface area (Å²) in [7, 11) is 0. The Bertz CT molecular complexity index is 676. The van der Waals surface area contributed by atoms with Gasteiger partial charge < -0.3 is 15.1 Å². The lowest BCUT2D eigenvalue weighted by molar-refractivity contribution is -0.122. The fourth-order valence-electron chi connectivity index (χ4n) is 2.66. The van der Waals surface area contributed by atoms with E-state index in [-0.39, 0.29) is 23.0 Å². The Kier molecular flexibility index (Phi) is 4.19. The van der Waals surface area contributed by atoms with E-state index >= 15 is 0 Å². The summed E-state index contributed by atoms with van der Waals surface area (Å²) in [4.78, 5) is 24.1. The van der Waals surface area contributed by atoms with Crippen molar-refractivity contribution in [3.8, 4) is 0 Å². The Balaban J connectivity index is 1.52. The summed E-state index contributed by atoms with van der Waals surface area (Å²) in [6, 6.07) is 12.8. The van der Waals surface area contributed by atoms with Crippen LogP contribution in [0.15, 0.2) is 53.1 Å². The number of amides is 2. The maximum Gasteiger partial charge on any atom is 0.287 e. The molecule has 1 atom stereocenters. The molecule has 3 rings (SSSR count). The maximum absolute atomic E-state index is 12.2. The molecule has 0 spiro atoms. The van der Waals surface area contributed by atoms with Crippen LogP contribution in [-0.4, -0.2) is 24.4 Å². The van der Waals surface area contributed by atoms with Crippen LogP contribution in [0.2, 0.25) is 0 Å². The first kappa shape index (κ1) is 15.3. The van der Waals surface area contributed by atoms with Crippen LogP contribution in [0.4, 0.5) is 0 Å². The van der Waals surface area contributed by atoms with Gasteiger partial charge in [0.05, 0.1) is 6.26 Å². The van der Waals surface area contributed by atoms with Crippen LogP contribution in [0.3, 0.4) is 0 Å². The number of carbonyl (C=O) groups excluding carboxylic acids is 2. The Morgan fingerprint density at radius 1 is 1.17 bits per heavy atom. The summed E-state index contributed by atoms with van der Waals surface area (Å²) in [6.07, 6.45) is 3.57. The van der Waals surface area contributed by atoms with Crippen LogP contribution in [0.1, 0.15) is 35.9 Å². The highest BCUT2D eigenvalue weighted by Crippen LogP contribution is 2.47. The third-order valence-electron chi connectivity index (χ3n) is 4.33. The lowest BCUT2D eigenvalue weighted by Crippen LogP contribution is -2.46. The summed E-state index contributed by atoms with van der Waals surface area (Å²) in [5.74, 6) is -0.374. The van der Waals surface area contributed by atoms with Gasteiger partial charge in [0.1, 0.15) is 6.04 Å². The summed E-state index contributed by atoms with van der Waals surface area (Å²) >= 11 is 0. The SMILES string of the molecule is CC(NC(=O)c1ccco1)C(=O)NCC1(c2ccccc2)CC1. The highest BCUT2D eigenvalue weighted by Gasteiger charge is 2.44. The molecule has 0 bridgehead atoms. The van der Waals surface area contributed by atoms with E-state index < -0.39 is 6.04 Å². The molecule has 1 saturated carbocycles. The van der Waals surface area contributed by atoms with Gasteiger partial charge in [-0.2, -0.15) is 0 Å². The van der Waals surface area contributed by atoms with Crippen molar-refractivity contribution in [2.24, 2.45) is 0 Å². The van der Waals surface area contributed by atoms with Gasteiger partial charge in [-0.25, -0.2) is 0 Å². The second-order valence-corrected chi connectivity index (χ2v) is 6.04. The molecule has 1 aromatic heterocycles. The van der Waals surface area contributed by atoms with E-state index in [0.29, 0.717) is 6.54 Å². The molecule has 1 fully saturated rings. The van der Waals surface area contributed by atoms with Gasteiger partial charge >= 0.3 is 0 Å². The van der Waals surface area contributed by atoms with Crippen molar-refractivity contribution >= 4 is 11.8 Å². The third-order valence-corrected chi connectivity index (χ3v) is 4.33. The van der Waals surface area contributed by atoms with E-state index in [1.165, 1.54) is 11.8 Å². The lowest BCUT2D eigenvalue weighted by Gasteiger charge is -2.19. The molecule has 2 aromatic rings. The topological polar surface area (TPSA) is 71.3 Å². The first-order valence-electron chi connectivity index (χ1n) is 7.78. The number of furan rings is 1. The molecule has 1 aliphatic rings. The second-order valence-electron chi connectivity index (χ2n) is 6.04. The zero-order chi connectivity index (χ0) is 16.3. The van der Waals surface area contributed by atoms with Gasteiger partial charge in [-0.05, 0) is 37.5 Å². The quantitative estimate of drug-likeness (QED) is 0.859. The number of nitrogens with one attached hydrogen (secondary N) is 2. The van der Waals surface area contributed by atoms with Gasteiger partial charge in [0, 0.05) is 12.0 Å². The normalized spacial score (nSPS) is 16.4. The Morgan fingerprint density at radius 3 is 2.52 bits per heavy atom. The maximum atomic E-state index is 12.2. The van der Waals surface area contributed by atoms with Crippen molar-refractivity contribution in [1.29, 1.82) is 0 Å². The minimum absolute atomic E-state index is 0.0572. The monoisotopic (exact) mass is 312 g/mol. The van der Waals surface area contributed by atoms with Crippen molar-refractivity contribution in [3.05, 3.63) is 60.1 Å². The number of hydrogen-bond donors (Lipinski definition) is 2. The van der Waals surface area contributed by atoms with E-state index in [0.717, 1.165) is 12.8 Å². The molecule has 5 nitrogen and oxygen atoms in total. The molecule has 2 N–H and O–H groups in total. The molecule has 1 unspecified atom stereocenters. The van der Waals surface area contributed by atoms with E-state index in [2.05, 4.69) is 22.8 Å². The van der Waals surface area contributed by atoms with Crippen molar-refractivity contribution in [3.63, 3.8) is 0 Å². The summed E-state index contributed by atoms with van der Waals surface area (Å²) in [5.41, 5.74) is 1.31. The molecular weight excluding hydrogens is 292 g/mol. The molecule has 0 saturated heterocycles. The smallest absolute Gasteiger partial charge is 0.287 e. The zero-order valence-electron chi connectivity index (χ0n) is 13.0. The number of benzene rings is 1. The minimum Gasteiger partial charge on any atom is -0.459 e. The summed E-state index contributed by atoms with van der Waals surface area (Å²) in [5, 5.41) is 5.58. The second kappa shape index (κ2) is 6.28. The predicted octanol–water partition coefficient (Wildman–Crippen LogP) is 2.25. The predicted molar refractivity (Wildman–Crippen MR) is 86.0 cm³/mol. The molecule has 1 aromatic carbocycles. The molecule has 1 heterocycles. The number of hydrogen-bond acceptors (Lipinski definition) is 3. The fraction of sp³-hybridized carbons (Fsp3) is 0.333. The van der Waals surface area contributed by atoms with Crippen LogP contribution in [0, 0.1) is 0 Å². The van der Waals surface area contributed by atoms with Crippen LogP contribution < -0.4 is 10.6 Å². The molecule has 23 heavy (non-hydrogen) atoms. The highest BCUT2D eigenvalue weighted by atomic mass is 16.3. The van der Waals surface area contributed by atoms with Crippen molar-refractivity contribution in [2.75, 3.05) is 6.54 Å². The van der Waals surface area contributed by atoms with Gasteiger partial charge in [-0.15, -0.1) is 0 Å². The van der Waals surface area contributed by atoms with E-state index in [1.54, 1.807) is 19.1 Å². The zero-order valence-corrected chi connectivity index (χ0v) is 13.0. The molecule has 0 radical (unpaired) electrons. The van der Waals surface area contributed by atoms with Gasteiger partial charge in [-0.1, -0.05) is 30.3 Å². The molecule has 2 amide bonds. The molecule has 120 valence electrons. The highest BCUT2D eigenvalue weighted by molar-refractivity contribution is 5.95. The Labute approximate surface area is 135 Å². The lowest BCUT2D eigenvalue weighted by atomic mass is 9.96. The number of rotatable bonds is 6. The largest absolute Gasteiger partial charge is 0.459 e. The van der Waals surface area contributed by atoms with Crippen LogP contribution in [0.5, 0.6) is 0 Å².